The molecule has 17 rings (SSSR count). The largest absolute Gasteiger partial charge is 0.497 e. The molecule has 0 fully saturated rings. The van der Waals surface area contributed by atoms with Crippen LogP contribution in [0.4, 0.5) is 34.1 Å². The lowest BCUT2D eigenvalue weighted by atomic mass is 9.67. The van der Waals surface area contributed by atoms with Crippen molar-refractivity contribution < 1.29 is 18.9 Å². The minimum Gasteiger partial charge on any atom is -0.497 e. The number of ether oxygens (including phenoxy) is 4. The number of hydrogen-bond acceptors (Lipinski definition) is 10. The Morgan fingerprint density at radius 2 is 0.450 bits per heavy atom. The van der Waals surface area contributed by atoms with Crippen LogP contribution in [-0.4, -0.2) is 51.3 Å². The highest BCUT2D eigenvalue weighted by molar-refractivity contribution is 6.56. The summed E-state index contributed by atoms with van der Waals surface area (Å²) in [5, 5.41) is 4.18. The van der Waals surface area contributed by atoms with Gasteiger partial charge in [-0.1, -0.05) is 146 Å². The fraction of sp³-hybridized carbons (Fsp3) is 0.0667. The number of hydrogen-bond donors (Lipinski definition) is 0. The van der Waals surface area contributed by atoms with Gasteiger partial charge in [0.25, 0.3) is 0 Å². The lowest BCUT2D eigenvalue weighted by molar-refractivity contribution is 0.254. The zero-order valence-corrected chi connectivity index (χ0v) is 55.5. The molecule has 14 aromatic carbocycles. The van der Waals surface area contributed by atoms with Crippen molar-refractivity contribution in [2.45, 2.75) is 11.3 Å². The Morgan fingerprint density at radius 1 is 0.230 bits per heavy atom. The van der Waals surface area contributed by atoms with Gasteiger partial charge in [0.1, 0.15) is 23.0 Å². The first-order valence-electron chi connectivity index (χ1n) is 33.5. The molecule has 14 aromatic rings. The molecule has 2 heterocycles. The predicted octanol–water partition coefficient (Wildman–Crippen LogP) is 21.3. The minimum atomic E-state index is -1.70. The fourth-order valence-electron chi connectivity index (χ4n) is 14.7. The Kier molecular flexibility index (Phi) is 15.3. The molecule has 3 aliphatic rings. The standard InChI is InChI=1S/C90H66N6O4/c1-97-71-49-37-61(38-50-71)85-86(62-39-51-72(98-2)52-40-62)92-89(91-85)81-57-79(59-33-45-69(46-34-59)95(65-21-9-5-10-22-65)66-23-11-6-12-24-66)75-29-17-19-31-77(75)83(81)84-78-32-20-18-30-76(78)80(60-35-47-70(48-36-60)96(67-25-13-7-14-26-67)68-27-15-8-16-28-68)58-82(84)90(89)93-87(63-41-53-73(99-3)54-42-63)88(94-90)64-43-55-74(100-4)56-44-64/h5-58H,1-4H3. The van der Waals surface area contributed by atoms with Crippen LogP contribution in [0.25, 0.3) is 54.9 Å². The van der Waals surface area contributed by atoms with E-state index in [1.165, 1.54) is 0 Å². The number of aliphatic imine (C=N–C) groups is 4. The molecule has 0 saturated carbocycles. The molecule has 10 heteroatoms. The third kappa shape index (κ3) is 10.3. The Balaban J connectivity index is 1.01. The quantitative estimate of drug-likeness (QED) is 0.0957. The van der Waals surface area contributed by atoms with Crippen LogP contribution in [0.2, 0.25) is 0 Å². The second-order valence-electron chi connectivity index (χ2n) is 25.0. The first-order chi connectivity index (χ1) is 49.3. The van der Waals surface area contributed by atoms with Crippen molar-refractivity contribution in [3.8, 4) is 56.4 Å². The molecular weight excluding hydrogens is 1230 g/mol. The minimum absolute atomic E-state index is 0.662. The molecule has 480 valence electrons. The van der Waals surface area contributed by atoms with E-state index in [9.17, 15) is 0 Å². The zero-order chi connectivity index (χ0) is 67.3. The Bertz CT molecular complexity index is 4980. The van der Waals surface area contributed by atoms with E-state index in [0.29, 0.717) is 45.8 Å². The molecule has 0 radical (unpaired) electrons. The molecule has 2 aliphatic heterocycles. The summed E-state index contributed by atoms with van der Waals surface area (Å²) in [6, 6.07) is 115. The number of para-hydroxylation sites is 4. The first kappa shape index (κ1) is 60.7. The van der Waals surface area contributed by atoms with E-state index in [4.69, 9.17) is 38.9 Å². The molecular formula is C90H66N6O4. The van der Waals surface area contributed by atoms with E-state index >= 15 is 0 Å². The van der Waals surface area contributed by atoms with Gasteiger partial charge in [-0.25, -0.2) is 20.0 Å². The summed E-state index contributed by atoms with van der Waals surface area (Å²) >= 11 is 0. The van der Waals surface area contributed by atoms with Crippen molar-refractivity contribution >= 4 is 78.5 Å². The Labute approximate surface area is 581 Å². The van der Waals surface area contributed by atoms with Crippen LogP contribution in [0.15, 0.2) is 348 Å². The van der Waals surface area contributed by atoms with E-state index < -0.39 is 11.3 Å². The molecule has 0 unspecified atom stereocenters. The van der Waals surface area contributed by atoms with Gasteiger partial charge in [-0.05, 0) is 237 Å². The van der Waals surface area contributed by atoms with Crippen molar-refractivity contribution in [1.82, 2.24) is 0 Å². The second kappa shape index (κ2) is 25.3. The maximum absolute atomic E-state index is 6.38. The molecule has 0 amide bonds. The van der Waals surface area contributed by atoms with Gasteiger partial charge in [0, 0.05) is 67.5 Å². The lowest BCUT2D eigenvalue weighted by Crippen LogP contribution is -2.46. The van der Waals surface area contributed by atoms with Crippen molar-refractivity contribution in [2.75, 3.05) is 38.2 Å². The van der Waals surface area contributed by atoms with Crippen LogP contribution in [0.5, 0.6) is 23.0 Å². The van der Waals surface area contributed by atoms with Crippen LogP contribution in [0.3, 0.4) is 0 Å². The van der Waals surface area contributed by atoms with Crippen molar-refractivity contribution in [1.29, 1.82) is 0 Å². The third-order valence-corrected chi connectivity index (χ3v) is 19.5. The van der Waals surface area contributed by atoms with Crippen LogP contribution in [0, 0.1) is 0 Å². The van der Waals surface area contributed by atoms with E-state index in [1.54, 1.807) is 28.4 Å². The zero-order valence-electron chi connectivity index (χ0n) is 55.5. The molecule has 0 atom stereocenters. The Hall–Kier alpha value is -12.9. The van der Waals surface area contributed by atoms with Gasteiger partial charge in [0.05, 0.1) is 51.3 Å². The Morgan fingerprint density at radius 3 is 0.700 bits per heavy atom. The van der Waals surface area contributed by atoms with Crippen molar-refractivity contribution in [3.63, 3.8) is 0 Å². The summed E-state index contributed by atoms with van der Waals surface area (Å²) in [6.45, 7) is 0. The maximum Gasteiger partial charge on any atom is 0.227 e. The molecule has 1 aliphatic carbocycles. The lowest BCUT2D eigenvalue weighted by Gasteiger charge is -2.45. The van der Waals surface area contributed by atoms with Gasteiger partial charge in [-0.15, -0.1) is 0 Å². The second-order valence-corrected chi connectivity index (χ2v) is 25.0. The monoisotopic (exact) mass is 1290 g/mol. The number of rotatable bonds is 16. The fourth-order valence-corrected chi connectivity index (χ4v) is 14.7. The average Bonchev–Trinajstić information content (AvgIpc) is 1.39. The maximum atomic E-state index is 6.38. The summed E-state index contributed by atoms with van der Waals surface area (Å²) in [7, 11) is 6.75. The van der Waals surface area contributed by atoms with Crippen LogP contribution >= 0.6 is 0 Å². The molecule has 0 aromatic heterocycles. The SMILES string of the molecule is COc1ccc(C2=NC3(N=C2c2ccc(OC)cc2)c2cc(-c4ccc(N(c5ccccc5)c5ccccc5)cc4)c4ccccc4c2-c2c(cc(-c4ccc(N(c5ccccc5)c5ccccc5)cc4)c4ccccc24)C32N=C(c3ccc(OC)cc3)C(c3ccc(OC)cc3)=N2)cc1. The van der Waals surface area contributed by atoms with Gasteiger partial charge in [0.2, 0.25) is 11.3 Å². The smallest absolute Gasteiger partial charge is 0.227 e. The summed E-state index contributed by atoms with van der Waals surface area (Å²) in [6.07, 6.45) is 0. The normalized spacial score (nSPS) is 13.8. The van der Waals surface area contributed by atoms with Gasteiger partial charge in [-0.2, -0.15) is 0 Å². The van der Waals surface area contributed by atoms with Crippen molar-refractivity contribution in [3.05, 3.63) is 361 Å². The van der Waals surface area contributed by atoms with Crippen LogP contribution in [0.1, 0.15) is 33.4 Å². The molecule has 0 saturated heterocycles. The van der Waals surface area contributed by atoms with Gasteiger partial charge < -0.3 is 28.7 Å². The van der Waals surface area contributed by atoms with E-state index in [0.717, 1.165) is 122 Å². The van der Waals surface area contributed by atoms with Crippen LogP contribution < -0.4 is 28.7 Å². The van der Waals surface area contributed by atoms with E-state index in [2.05, 4.69) is 289 Å². The van der Waals surface area contributed by atoms with Crippen molar-refractivity contribution in [2.24, 2.45) is 20.0 Å². The average molecular weight is 1300 g/mol. The summed E-state index contributed by atoms with van der Waals surface area (Å²) in [4.78, 5) is 30.1. The van der Waals surface area contributed by atoms with E-state index in [1.807, 2.05) is 48.5 Å². The van der Waals surface area contributed by atoms with Gasteiger partial charge in [-0.3, -0.25) is 0 Å². The number of benzene rings is 14. The number of nitrogens with zero attached hydrogens (tertiary/aromatic N) is 6. The molecule has 0 bridgehead atoms. The highest BCUT2D eigenvalue weighted by Gasteiger charge is 2.65. The van der Waals surface area contributed by atoms with E-state index in [-0.39, 0.29) is 0 Å². The van der Waals surface area contributed by atoms with Gasteiger partial charge in [0.15, 0.2) is 0 Å². The number of anilines is 6. The highest BCUT2D eigenvalue weighted by atomic mass is 16.5. The first-order valence-corrected chi connectivity index (χ1v) is 33.5. The summed E-state index contributed by atoms with van der Waals surface area (Å²) in [5.74, 6) is 2.85. The summed E-state index contributed by atoms with van der Waals surface area (Å²) in [5.41, 5.74) is 16.5. The summed E-state index contributed by atoms with van der Waals surface area (Å²) < 4.78 is 23.4. The topological polar surface area (TPSA) is 92.8 Å². The van der Waals surface area contributed by atoms with Gasteiger partial charge >= 0.3 is 0 Å². The molecule has 100 heavy (non-hydrogen) atoms. The third-order valence-electron chi connectivity index (χ3n) is 19.5. The molecule has 10 nitrogen and oxygen atoms in total. The molecule has 0 N–H and O–H groups in total. The van der Waals surface area contributed by atoms with Crippen LogP contribution in [-0.2, 0) is 11.3 Å². The molecule has 2 spiro atoms. The number of methoxy groups -OCH3 is 4. The number of fused-ring (bicyclic) bond motifs is 10. The highest BCUT2D eigenvalue weighted by Crippen LogP contribution is 2.65. The predicted molar refractivity (Wildman–Crippen MR) is 409 cm³/mol.